The van der Waals surface area contributed by atoms with E-state index in [1.54, 1.807) is 12.1 Å². The van der Waals surface area contributed by atoms with E-state index in [0.29, 0.717) is 29.9 Å². The van der Waals surface area contributed by atoms with E-state index in [2.05, 4.69) is 20.7 Å². The van der Waals surface area contributed by atoms with Crippen LogP contribution in [0.3, 0.4) is 0 Å². The van der Waals surface area contributed by atoms with Gasteiger partial charge < -0.3 is 14.6 Å². The molecule has 6 nitrogen and oxygen atoms in total. The first-order valence-electron chi connectivity index (χ1n) is 6.11. The highest BCUT2D eigenvalue weighted by Crippen LogP contribution is 2.23. The summed E-state index contributed by atoms with van der Waals surface area (Å²) in [5.74, 6) is 0. The van der Waals surface area contributed by atoms with Crippen LogP contribution in [0, 0.1) is 0 Å². The molecule has 0 bridgehead atoms. The van der Waals surface area contributed by atoms with Gasteiger partial charge in [0.05, 0.1) is 37.4 Å². The van der Waals surface area contributed by atoms with Gasteiger partial charge in [-0.2, -0.15) is 0 Å². The molecular weight excluding hydrogens is 350 g/mol. The Kier molecular flexibility index (Phi) is 5.53. The van der Waals surface area contributed by atoms with Crippen LogP contribution in [0.15, 0.2) is 27.6 Å². The van der Waals surface area contributed by atoms with Crippen molar-refractivity contribution in [1.82, 2.24) is 4.72 Å². The lowest BCUT2D eigenvalue weighted by molar-refractivity contribution is -0.0846. The van der Waals surface area contributed by atoms with Gasteiger partial charge in [-0.25, -0.2) is 13.1 Å². The second-order valence-corrected chi connectivity index (χ2v) is 6.93. The van der Waals surface area contributed by atoms with Crippen molar-refractivity contribution < 1.29 is 23.0 Å². The van der Waals surface area contributed by atoms with Crippen molar-refractivity contribution in [3.8, 4) is 0 Å². The predicted molar refractivity (Wildman–Crippen MR) is 75.8 cm³/mol. The van der Waals surface area contributed by atoms with Gasteiger partial charge >= 0.3 is 0 Å². The van der Waals surface area contributed by atoms with Gasteiger partial charge in [-0.05, 0) is 33.6 Å². The van der Waals surface area contributed by atoms with E-state index in [4.69, 9.17) is 14.6 Å². The molecule has 0 spiro atoms. The standard InChI is InChI=1S/C12H16BrNO5S/c13-11-5-9(7-15)1-2-12(11)20(16,17)14-6-10-8-18-3-4-19-10/h1-2,5,10,14-15H,3-4,6-8H2. The normalized spacial score (nSPS) is 20.0. The van der Waals surface area contributed by atoms with Crippen LogP contribution in [0.25, 0.3) is 0 Å². The highest BCUT2D eigenvalue weighted by atomic mass is 79.9. The third-order valence-electron chi connectivity index (χ3n) is 2.85. The van der Waals surface area contributed by atoms with Crippen molar-refractivity contribution in [2.45, 2.75) is 17.6 Å². The van der Waals surface area contributed by atoms with E-state index in [9.17, 15) is 8.42 Å². The lowest BCUT2D eigenvalue weighted by atomic mass is 10.2. The maximum absolute atomic E-state index is 12.2. The lowest BCUT2D eigenvalue weighted by Crippen LogP contribution is -2.39. The summed E-state index contributed by atoms with van der Waals surface area (Å²) in [6.45, 7) is 1.42. The second-order valence-electron chi connectivity index (χ2n) is 4.34. The van der Waals surface area contributed by atoms with Crippen LogP contribution in [-0.4, -0.2) is 46.0 Å². The molecule has 0 radical (unpaired) electrons. The molecule has 1 aliphatic rings. The van der Waals surface area contributed by atoms with Gasteiger partial charge in [0.1, 0.15) is 0 Å². The Bertz CT molecular complexity index is 557. The molecule has 1 saturated heterocycles. The average molecular weight is 366 g/mol. The zero-order valence-electron chi connectivity index (χ0n) is 10.7. The number of ether oxygens (including phenoxy) is 2. The first kappa shape index (κ1) is 15.9. The molecule has 2 rings (SSSR count). The van der Waals surface area contributed by atoms with Crippen LogP contribution >= 0.6 is 15.9 Å². The van der Waals surface area contributed by atoms with Gasteiger partial charge in [0.2, 0.25) is 10.0 Å². The molecule has 2 N–H and O–H groups in total. The number of nitrogens with one attached hydrogen (secondary N) is 1. The molecule has 1 atom stereocenters. The molecule has 0 amide bonds. The largest absolute Gasteiger partial charge is 0.392 e. The number of aliphatic hydroxyl groups is 1. The number of sulfonamides is 1. The van der Waals surface area contributed by atoms with Gasteiger partial charge in [-0.1, -0.05) is 6.07 Å². The molecule has 8 heteroatoms. The van der Waals surface area contributed by atoms with E-state index in [1.165, 1.54) is 6.07 Å². The lowest BCUT2D eigenvalue weighted by Gasteiger charge is -2.23. The molecule has 1 unspecified atom stereocenters. The molecule has 0 aromatic heterocycles. The minimum atomic E-state index is -3.63. The minimum Gasteiger partial charge on any atom is -0.392 e. The Hall–Kier alpha value is -0.510. The third-order valence-corrected chi connectivity index (χ3v) is 5.25. The quantitative estimate of drug-likeness (QED) is 0.799. The molecular formula is C12H16BrNO5S. The number of aliphatic hydroxyl groups excluding tert-OH is 1. The molecule has 1 heterocycles. The van der Waals surface area contributed by atoms with Crippen LogP contribution in [0.4, 0.5) is 0 Å². The number of rotatable bonds is 5. The fourth-order valence-electron chi connectivity index (χ4n) is 1.80. The van der Waals surface area contributed by atoms with Gasteiger partial charge in [-0.15, -0.1) is 0 Å². The maximum Gasteiger partial charge on any atom is 0.241 e. The number of hydrogen-bond acceptors (Lipinski definition) is 5. The Morgan fingerprint density at radius 1 is 1.40 bits per heavy atom. The predicted octanol–water partition coefficient (Wildman–Crippen LogP) is 0.635. The van der Waals surface area contributed by atoms with E-state index >= 15 is 0 Å². The molecule has 20 heavy (non-hydrogen) atoms. The highest BCUT2D eigenvalue weighted by Gasteiger charge is 2.21. The zero-order valence-corrected chi connectivity index (χ0v) is 13.1. The van der Waals surface area contributed by atoms with Crippen LogP contribution in [0.5, 0.6) is 0 Å². The summed E-state index contributed by atoms with van der Waals surface area (Å²) in [7, 11) is -3.63. The monoisotopic (exact) mass is 365 g/mol. The van der Waals surface area contributed by atoms with Crippen LogP contribution in [0.2, 0.25) is 0 Å². The molecule has 1 fully saturated rings. The first-order chi connectivity index (χ1) is 9.53. The Labute approximate surface area is 126 Å². The summed E-state index contributed by atoms with van der Waals surface area (Å²) in [5.41, 5.74) is 0.639. The summed E-state index contributed by atoms with van der Waals surface area (Å²) >= 11 is 3.20. The van der Waals surface area contributed by atoms with Crippen molar-refractivity contribution >= 4 is 26.0 Å². The Morgan fingerprint density at radius 3 is 2.80 bits per heavy atom. The molecule has 0 saturated carbocycles. The minimum absolute atomic E-state index is 0.131. The zero-order chi connectivity index (χ0) is 14.6. The SMILES string of the molecule is O=S(=O)(NCC1COCCO1)c1ccc(CO)cc1Br. The highest BCUT2D eigenvalue weighted by molar-refractivity contribution is 9.10. The summed E-state index contributed by atoms with van der Waals surface area (Å²) in [4.78, 5) is 0.131. The average Bonchev–Trinajstić information content (AvgIpc) is 2.46. The molecule has 1 aromatic carbocycles. The fourth-order valence-corrected chi connectivity index (χ4v) is 3.98. The number of benzene rings is 1. The third kappa shape index (κ3) is 4.00. The van der Waals surface area contributed by atoms with Crippen molar-refractivity contribution in [1.29, 1.82) is 0 Å². The Morgan fingerprint density at radius 2 is 2.20 bits per heavy atom. The summed E-state index contributed by atoms with van der Waals surface area (Å²) < 4.78 is 37.9. The Balaban J connectivity index is 2.05. The second kappa shape index (κ2) is 6.97. The van der Waals surface area contributed by atoms with Crippen LogP contribution < -0.4 is 4.72 Å². The maximum atomic E-state index is 12.2. The number of hydrogen-bond donors (Lipinski definition) is 2. The van der Waals surface area contributed by atoms with Crippen molar-refractivity contribution in [2.75, 3.05) is 26.4 Å². The topological polar surface area (TPSA) is 84.9 Å². The van der Waals surface area contributed by atoms with Crippen molar-refractivity contribution in [2.24, 2.45) is 0 Å². The van der Waals surface area contributed by atoms with E-state index in [1.807, 2.05) is 0 Å². The fraction of sp³-hybridized carbons (Fsp3) is 0.500. The molecule has 112 valence electrons. The molecule has 1 aromatic rings. The number of halogens is 1. The van der Waals surface area contributed by atoms with Crippen molar-refractivity contribution in [3.05, 3.63) is 28.2 Å². The van der Waals surface area contributed by atoms with Crippen molar-refractivity contribution in [3.63, 3.8) is 0 Å². The summed E-state index contributed by atoms with van der Waals surface area (Å²) in [6.07, 6.45) is -0.269. The van der Waals surface area contributed by atoms with E-state index in [-0.39, 0.29) is 24.2 Å². The van der Waals surface area contributed by atoms with Gasteiger partial charge in [0.15, 0.2) is 0 Å². The first-order valence-corrected chi connectivity index (χ1v) is 8.39. The van der Waals surface area contributed by atoms with Crippen LogP contribution in [-0.2, 0) is 26.1 Å². The summed E-state index contributed by atoms with van der Waals surface area (Å²) in [5, 5.41) is 9.01. The van der Waals surface area contributed by atoms with E-state index in [0.717, 1.165) is 0 Å². The van der Waals surface area contributed by atoms with E-state index < -0.39 is 10.0 Å². The van der Waals surface area contributed by atoms with Gasteiger partial charge in [0.25, 0.3) is 0 Å². The molecule has 1 aliphatic heterocycles. The smallest absolute Gasteiger partial charge is 0.241 e. The molecule has 0 aliphatic carbocycles. The van der Waals surface area contributed by atoms with Gasteiger partial charge in [0, 0.05) is 11.0 Å². The summed E-state index contributed by atoms with van der Waals surface area (Å²) in [6, 6.07) is 4.60. The van der Waals surface area contributed by atoms with Crippen LogP contribution in [0.1, 0.15) is 5.56 Å². The van der Waals surface area contributed by atoms with Gasteiger partial charge in [-0.3, -0.25) is 0 Å².